The van der Waals surface area contributed by atoms with Crippen LogP contribution in [0.25, 0.3) is 0 Å². The SMILES string of the molecule is CC(C)c1csc(CNS(=O)(=O)c2ccc(Cl)s2)n1. The molecule has 0 amide bonds. The summed E-state index contributed by atoms with van der Waals surface area (Å²) in [5.41, 5.74) is 0.985. The normalized spacial score (nSPS) is 12.2. The standard InChI is InChI=1S/C11H13ClN2O2S3/c1-7(2)8-6-17-10(14-8)5-13-19(15,16)11-4-3-9(12)18-11/h3-4,6-7,13H,5H2,1-2H3. The van der Waals surface area contributed by atoms with Gasteiger partial charge in [0.2, 0.25) is 10.0 Å². The number of thiophene rings is 1. The molecule has 0 bridgehead atoms. The Kier molecular flexibility index (Phi) is 4.62. The number of rotatable bonds is 5. The Hall–Kier alpha value is -0.470. The second kappa shape index (κ2) is 5.88. The highest BCUT2D eigenvalue weighted by Crippen LogP contribution is 2.25. The van der Waals surface area contributed by atoms with Crippen molar-refractivity contribution in [2.24, 2.45) is 0 Å². The van der Waals surface area contributed by atoms with Crippen LogP contribution in [0.5, 0.6) is 0 Å². The van der Waals surface area contributed by atoms with Crippen molar-refractivity contribution in [2.45, 2.75) is 30.5 Å². The molecule has 1 N–H and O–H groups in total. The van der Waals surface area contributed by atoms with Crippen LogP contribution in [0.4, 0.5) is 0 Å². The number of thiazole rings is 1. The summed E-state index contributed by atoms with van der Waals surface area (Å²) >= 11 is 8.23. The lowest BCUT2D eigenvalue weighted by Gasteiger charge is -2.02. The molecule has 19 heavy (non-hydrogen) atoms. The summed E-state index contributed by atoms with van der Waals surface area (Å²) in [6.07, 6.45) is 0. The minimum atomic E-state index is -3.50. The molecule has 2 rings (SSSR count). The maximum absolute atomic E-state index is 12.0. The lowest BCUT2D eigenvalue weighted by atomic mass is 10.2. The van der Waals surface area contributed by atoms with Crippen molar-refractivity contribution in [1.29, 1.82) is 0 Å². The quantitative estimate of drug-likeness (QED) is 0.909. The monoisotopic (exact) mass is 336 g/mol. The molecule has 2 aromatic rings. The summed E-state index contributed by atoms with van der Waals surface area (Å²) in [5, 5.41) is 2.71. The average Bonchev–Trinajstić information content (AvgIpc) is 2.95. The van der Waals surface area contributed by atoms with Gasteiger partial charge in [-0.15, -0.1) is 22.7 Å². The fraction of sp³-hybridized carbons (Fsp3) is 0.364. The largest absolute Gasteiger partial charge is 0.250 e. The molecule has 0 spiro atoms. The van der Waals surface area contributed by atoms with Crippen LogP contribution in [-0.4, -0.2) is 13.4 Å². The molecule has 4 nitrogen and oxygen atoms in total. The van der Waals surface area contributed by atoms with Crippen molar-refractivity contribution < 1.29 is 8.42 Å². The van der Waals surface area contributed by atoms with E-state index >= 15 is 0 Å². The average molecular weight is 337 g/mol. The predicted molar refractivity (Wildman–Crippen MR) is 79.6 cm³/mol. The van der Waals surface area contributed by atoms with Crippen molar-refractivity contribution in [3.8, 4) is 0 Å². The third kappa shape index (κ3) is 3.76. The first-order valence-electron chi connectivity index (χ1n) is 5.58. The molecule has 104 valence electrons. The lowest BCUT2D eigenvalue weighted by Crippen LogP contribution is -2.22. The van der Waals surface area contributed by atoms with E-state index in [1.165, 1.54) is 17.4 Å². The Morgan fingerprint density at radius 1 is 1.42 bits per heavy atom. The Balaban J connectivity index is 2.05. The zero-order valence-electron chi connectivity index (χ0n) is 10.4. The molecule has 0 saturated carbocycles. The summed E-state index contributed by atoms with van der Waals surface area (Å²) < 4.78 is 27.2. The summed E-state index contributed by atoms with van der Waals surface area (Å²) in [6.45, 7) is 4.31. The summed E-state index contributed by atoms with van der Waals surface area (Å²) in [4.78, 5) is 4.38. The molecule has 0 fully saturated rings. The van der Waals surface area contributed by atoms with E-state index in [0.29, 0.717) is 10.3 Å². The van der Waals surface area contributed by atoms with Gasteiger partial charge in [-0.1, -0.05) is 25.4 Å². The number of halogens is 1. The topological polar surface area (TPSA) is 59.1 Å². The van der Waals surface area contributed by atoms with Gasteiger partial charge in [0.25, 0.3) is 0 Å². The molecule has 8 heteroatoms. The van der Waals surface area contributed by atoms with Gasteiger partial charge in [-0.3, -0.25) is 0 Å². The zero-order valence-corrected chi connectivity index (χ0v) is 13.6. The second-order valence-corrected chi connectivity index (χ2v) is 8.86. The maximum atomic E-state index is 12.0. The van der Waals surface area contributed by atoms with Gasteiger partial charge in [0.15, 0.2) is 0 Å². The van der Waals surface area contributed by atoms with Crippen LogP contribution in [0.15, 0.2) is 21.7 Å². The fourth-order valence-electron chi connectivity index (χ4n) is 1.34. The highest BCUT2D eigenvalue weighted by atomic mass is 35.5. The minimum absolute atomic E-state index is 0.204. The summed E-state index contributed by atoms with van der Waals surface area (Å²) in [6, 6.07) is 3.07. The van der Waals surface area contributed by atoms with Gasteiger partial charge in [0, 0.05) is 5.38 Å². The highest BCUT2D eigenvalue weighted by Gasteiger charge is 2.17. The lowest BCUT2D eigenvalue weighted by molar-refractivity contribution is 0.583. The van der Waals surface area contributed by atoms with E-state index in [4.69, 9.17) is 11.6 Å². The van der Waals surface area contributed by atoms with E-state index in [2.05, 4.69) is 23.6 Å². The highest BCUT2D eigenvalue weighted by molar-refractivity contribution is 7.91. The fourth-order valence-corrected chi connectivity index (χ4v) is 4.84. The van der Waals surface area contributed by atoms with Crippen molar-refractivity contribution in [1.82, 2.24) is 9.71 Å². The van der Waals surface area contributed by atoms with Crippen LogP contribution < -0.4 is 4.72 Å². The van der Waals surface area contributed by atoms with E-state index in [0.717, 1.165) is 22.0 Å². The predicted octanol–water partition coefficient (Wildman–Crippen LogP) is 3.46. The van der Waals surface area contributed by atoms with Gasteiger partial charge in [-0.25, -0.2) is 18.1 Å². The number of aromatic nitrogens is 1. The Morgan fingerprint density at radius 2 is 2.16 bits per heavy atom. The van der Waals surface area contributed by atoms with E-state index in [-0.39, 0.29) is 10.8 Å². The Bertz CT molecular complexity index is 661. The van der Waals surface area contributed by atoms with Crippen LogP contribution in [0.2, 0.25) is 4.34 Å². The number of nitrogens with one attached hydrogen (secondary N) is 1. The molecule has 0 saturated heterocycles. The zero-order chi connectivity index (χ0) is 14.0. The molecule has 0 aliphatic rings. The van der Waals surface area contributed by atoms with E-state index in [9.17, 15) is 8.42 Å². The number of nitrogens with zero attached hydrogens (tertiary/aromatic N) is 1. The first kappa shape index (κ1) is 14.9. The summed E-state index contributed by atoms with van der Waals surface area (Å²) in [5.74, 6) is 0.345. The van der Waals surface area contributed by atoms with Gasteiger partial charge in [0.05, 0.1) is 16.6 Å². The summed E-state index contributed by atoms with van der Waals surface area (Å²) in [7, 11) is -3.50. The molecular formula is C11H13ClN2O2S3. The number of hydrogen-bond donors (Lipinski definition) is 1. The first-order valence-corrected chi connectivity index (χ1v) is 9.13. The number of sulfonamides is 1. The first-order chi connectivity index (χ1) is 8.88. The van der Waals surface area contributed by atoms with Gasteiger partial charge in [-0.2, -0.15) is 0 Å². The third-order valence-electron chi connectivity index (χ3n) is 2.39. The molecule has 0 aliphatic carbocycles. The van der Waals surface area contributed by atoms with Crippen molar-refractivity contribution in [3.63, 3.8) is 0 Å². The van der Waals surface area contributed by atoms with Crippen LogP contribution in [0.3, 0.4) is 0 Å². The van der Waals surface area contributed by atoms with Crippen LogP contribution in [0, 0.1) is 0 Å². The van der Waals surface area contributed by atoms with Crippen LogP contribution in [0.1, 0.15) is 30.5 Å². The minimum Gasteiger partial charge on any atom is -0.245 e. The molecule has 2 heterocycles. The maximum Gasteiger partial charge on any atom is 0.250 e. The van der Waals surface area contributed by atoms with E-state index in [1.54, 1.807) is 6.07 Å². The Labute approximate surface area is 125 Å². The number of hydrogen-bond acceptors (Lipinski definition) is 5. The van der Waals surface area contributed by atoms with Crippen molar-refractivity contribution in [3.05, 3.63) is 32.6 Å². The van der Waals surface area contributed by atoms with E-state index in [1.807, 2.05) is 5.38 Å². The Morgan fingerprint density at radius 3 is 2.68 bits per heavy atom. The smallest absolute Gasteiger partial charge is 0.245 e. The van der Waals surface area contributed by atoms with Gasteiger partial charge in [-0.05, 0) is 18.1 Å². The molecule has 0 aliphatic heterocycles. The van der Waals surface area contributed by atoms with Crippen molar-refractivity contribution >= 4 is 44.3 Å². The molecular weight excluding hydrogens is 324 g/mol. The van der Waals surface area contributed by atoms with Crippen molar-refractivity contribution in [2.75, 3.05) is 0 Å². The van der Waals surface area contributed by atoms with Gasteiger partial charge >= 0.3 is 0 Å². The molecule has 2 aromatic heterocycles. The molecule has 0 aromatic carbocycles. The second-order valence-electron chi connectivity index (χ2n) is 4.20. The van der Waals surface area contributed by atoms with Gasteiger partial charge < -0.3 is 0 Å². The molecule has 0 radical (unpaired) electrons. The van der Waals surface area contributed by atoms with Gasteiger partial charge in [0.1, 0.15) is 9.22 Å². The van der Waals surface area contributed by atoms with Crippen LogP contribution in [-0.2, 0) is 16.6 Å². The third-order valence-corrected chi connectivity index (χ3v) is 6.38. The van der Waals surface area contributed by atoms with Crippen LogP contribution >= 0.6 is 34.3 Å². The molecule has 0 atom stereocenters. The van der Waals surface area contributed by atoms with E-state index < -0.39 is 10.0 Å². The molecule has 0 unspecified atom stereocenters.